The molecule has 10 aromatic rings. The molecule has 0 saturated heterocycles. The van der Waals surface area contributed by atoms with Crippen molar-refractivity contribution in [3.8, 4) is 84.9 Å². The van der Waals surface area contributed by atoms with E-state index in [2.05, 4.69) is 71.0 Å². The van der Waals surface area contributed by atoms with E-state index in [1.54, 1.807) is 30.3 Å². The largest absolute Gasteiger partial charge is 0.569 e. The van der Waals surface area contributed by atoms with Gasteiger partial charge in [0, 0.05) is 22.3 Å². The van der Waals surface area contributed by atoms with Gasteiger partial charge < -0.3 is 17.1 Å². The van der Waals surface area contributed by atoms with Crippen molar-refractivity contribution in [2.24, 2.45) is 0 Å². The first-order valence-electron chi connectivity index (χ1n) is 20.6. The van der Waals surface area contributed by atoms with Gasteiger partial charge in [-0.1, -0.05) is 194 Å². The van der Waals surface area contributed by atoms with E-state index in [9.17, 15) is 8.78 Å². The second-order valence-corrected chi connectivity index (χ2v) is 14.6. The molecule has 0 bridgehead atoms. The van der Waals surface area contributed by atoms with Gasteiger partial charge in [-0.05, 0) is 58.1 Å². The number of para-hydroxylation sites is 1. The van der Waals surface area contributed by atoms with Crippen molar-refractivity contribution in [3.63, 3.8) is 0 Å². The van der Waals surface area contributed by atoms with Crippen molar-refractivity contribution in [1.82, 2.24) is 29.9 Å². The smallest absolute Gasteiger partial charge is 0.535 e. The molecular weight excluding hydrogens is 861 g/mol. The third-order valence-electron chi connectivity index (χ3n) is 9.94. The first-order chi connectivity index (χ1) is 32.4. The van der Waals surface area contributed by atoms with Crippen molar-refractivity contribution in [3.05, 3.63) is 243 Å². The van der Waals surface area contributed by atoms with Gasteiger partial charge in [0.15, 0.2) is 34.9 Å². The van der Waals surface area contributed by atoms with Crippen molar-refractivity contribution in [1.29, 1.82) is 0 Å². The average molecular weight is 901 g/mol. The second-order valence-electron chi connectivity index (χ2n) is 14.3. The lowest BCUT2D eigenvalue weighted by atomic mass is 10.0. The minimum Gasteiger partial charge on any atom is -0.535 e. The van der Waals surface area contributed by atoms with E-state index in [1.807, 2.05) is 133 Å². The quantitative estimate of drug-likeness (QED) is 0.113. The van der Waals surface area contributed by atoms with Gasteiger partial charge in [0.2, 0.25) is 5.28 Å². The number of aromatic nitrogens is 6. The number of halogens is 3. The minimum absolute atomic E-state index is 0. The number of benzene rings is 8. The van der Waals surface area contributed by atoms with Crippen LogP contribution in [-0.4, -0.2) is 42.6 Å². The van der Waals surface area contributed by atoms with Crippen molar-refractivity contribution >= 4 is 19.3 Å². The topological polar surface area (TPSA) is 107 Å². The zero-order valence-electron chi connectivity index (χ0n) is 36.0. The molecule has 10 rings (SSSR count). The molecule has 2 aromatic heterocycles. The van der Waals surface area contributed by atoms with Crippen LogP contribution in [0, 0.1) is 19.1 Å². The summed E-state index contributed by atoms with van der Waals surface area (Å²) in [6, 6.07) is 68.3. The van der Waals surface area contributed by atoms with Crippen LogP contribution in [0.15, 0.2) is 218 Å². The Labute approximate surface area is 393 Å². The van der Waals surface area contributed by atoms with Gasteiger partial charge >= 0.3 is 7.69 Å². The normalized spacial score (nSPS) is 10.3. The summed E-state index contributed by atoms with van der Waals surface area (Å²) in [6.07, 6.45) is 0. The van der Waals surface area contributed by atoms with E-state index >= 15 is 0 Å². The van der Waals surface area contributed by atoms with Crippen LogP contribution in [-0.2, 0) is 0 Å². The van der Waals surface area contributed by atoms with Crippen LogP contribution in [0.5, 0.6) is 5.75 Å². The Morgan fingerprint density at radius 1 is 0.343 bits per heavy atom. The SMILES string of the molecule is Clc1nc(-c2ccccc2)nc(-c2ccc(-c3ccccc3)cc2)n1.Fc1ccccc1-c1nc(-c2ccccc2)nc(-c2ccc(-c3ccccc3)cc2)n1.O[B]Oc1ccccc1F.[CH3-]. The Balaban J connectivity index is 0.000000166. The Morgan fingerprint density at radius 2 is 0.642 bits per heavy atom. The first-order valence-corrected chi connectivity index (χ1v) is 21.0. The van der Waals surface area contributed by atoms with Gasteiger partial charge in [0.25, 0.3) is 0 Å². The zero-order valence-corrected chi connectivity index (χ0v) is 36.8. The summed E-state index contributed by atoms with van der Waals surface area (Å²) in [5.41, 5.74) is 8.43. The highest BCUT2D eigenvalue weighted by Crippen LogP contribution is 2.29. The summed E-state index contributed by atoms with van der Waals surface area (Å²) < 4.78 is 31.4. The Morgan fingerprint density at radius 3 is 1.04 bits per heavy atom. The van der Waals surface area contributed by atoms with Gasteiger partial charge in [0.05, 0.1) is 5.56 Å². The number of nitrogens with zero attached hydrogens (tertiary/aromatic N) is 6. The molecule has 12 heteroatoms. The Hall–Kier alpha value is -8.25. The maximum absolute atomic E-state index is 14.5. The molecule has 0 aliphatic heterocycles. The van der Waals surface area contributed by atoms with Crippen LogP contribution in [0.4, 0.5) is 8.78 Å². The fourth-order valence-electron chi connectivity index (χ4n) is 6.66. The monoisotopic (exact) mass is 900 g/mol. The van der Waals surface area contributed by atoms with Gasteiger partial charge in [0.1, 0.15) is 11.6 Å². The molecule has 1 radical (unpaired) electrons. The summed E-state index contributed by atoms with van der Waals surface area (Å²) in [6.45, 7) is 0. The predicted octanol–water partition coefficient (Wildman–Crippen LogP) is 13.4. The maximum atomic E-state index is 14.5. The third kappa shape index (κ3) is 12.3. The molecular formula is C55H40BClF2N6O2-. The van der Waals surface area contributed by atoms with Crippen molar-refractivity contribution in [2.45, 2.75) is 0 Å². The van der Waals surface area contributed by atoms with E-state index in [0.29, 0.717) is 42.4 Å². The first kappa shape index (κ1) is 46.7. The van der Waals surface area contributed by atoms with E-state index in [-0.39, 0.29) is 24.3 Å². The van der Waals surface area contributed by atoms with Crippen LogP contribution in [0.3, 0.4) is 0 Å². The van der Waals surface area contributed by atoms with Crippen molar-refractivity contribution in [2.75, 3.05) is 0 Å². The van der Waals surface area contributed by atoms with Crippen LogP contribution < -0.4 is 4.65 Å². The molecule has 0 unspecified atom stereocenters. The molecule has 0 aliphatic rings. The lowest BCUT2D eigenvalue weighted by Gasteiger charge is -2.09. The molecule has 8 nitrogen and oxygen atoms in total. The predicted molar refractivity (Wildman–Crippen MR) is 264 cm³/mol. The highest BCUT2D eigenvalue weighted by atomic mass is 35.5. The minimum atomic E-state index is -0.493. The van der Waals surface area contributed by atoms with E-state index < -0.39 is 5.82 Å². The fraction of sp³-hybridized carbons (Fsp3) is 0. The summed E-state index contributed by atoms with van der Waals surface area (Å²) in [5.74, 6) is 1.63. The maximum Gasteiger partial charge on any atom is 0.569 e. The van der Waals surface area contributed by atoms with Gasteiger partial charge in [-0.2, -0.15) is 9.97 Å². The number of rotatable bonds is 9. The summed E-state index contributed by atoms with van der Waals surface area (Å²) in [7, 11) is 0.443. The molecule has 0 amide bonds. The van der Waals surface area contributed by atoms with Crippen LogP contribution in [0.2, 0.25) is 5.28 Å². The lowest BCUT2D eigenvalue weighted by Crippen LogP contribution is -2.01. The number of hydrogen-bond donors (Lipinski definition) is 1. The molecule has 0 spiro atoms. The molecule has 0 atom stereocenters. The molecule has 1 N–H and O–H groups in total. The Bertz CT molecular complexity index is 3120. The Kier molecular flexibility index (Phi) is 16.1. The van der Waals surface area contributed by atoms with Crippen LogP contribution in [0.1, 0.15) is 0 Å². The highest BCUT2D eigenvalue weighted by Gasteiger charge is 2.15. The molecule has 0 aliphatic carbocycles. The van der Waals surface area contributed by atoms with E-state index in [4.69, 9.17) is 16.6 Å². The average Bonchev–Trinajstić information content (AvgIpc) is 3.38. The van der Waals surface area contributed by atoms with Gasteiger partial charge in [-0.15, -0.1) is 0 Å². The molecule has 0 fully saturated rings. The summed E-state index contributed by atoms with van der Waals surface area (Å²) in [4.78, 5) is 26.9. The fourth-order valence-corrected chi connectivity index (χ4v) is 6.82. The molecule has 0 saturated carbocycles. The molecule has 2 heterocycles. The molecule has 327 valence electrons. The second kappa shape index (κ2) is 23.1. The van der Waals surface area contributed by atoms with Crippen LogP contribution >= 0.6 is 11.6 Å². The lowest BCUT2D eigenvalue weighted by molar-refractivity contribution is 0.431. The number of hydrogen-bond acceptors (Lipinski definition) is 8. The standard InChI is InChI=1S/C27H18FN3.C21H14ClN3.C6H5BFO2.CH3/c28-24-14-8-7-13-23(24)27-30-25(21-11-5-2-6-12-21)29-26(31-27)22-17-15-20(16-18-22)19-9-3-1-4-10-19;22-21-24-19(17-9-5-2-6-10-17)23-20(25-21)18-13-11-16(12-14-18)15-7-3-1-4-8-15;8-5-3-1-2-4-6(5)10-7-9;/h1-18H;1-14H;1-4,9H;1H3/q;;;-1. The van der Waals surface area contributed by atoms with Crippen LogP contribution in [0.25, 0.3) is 79.2 Å². The zero-order chi connectivity index (χ0) is 45.5. The van der Waals surface area contributed by atoms with E-state index in [0.717, 1.165) is 38.9 Å². The highest BCUT2D eigenvalue weighted by molar-refractivity contribution is 6.28. The van der Waals surface area contributed by atoms with Gasteiger partial charge in [-0.3, -0.25) is 0 Å². The molecule has 8 aromatic carbocycles. The van der Waals surface area contributed by atoms with Gasteiger partial charge in [-0.25, -0.2) is 28.7 Å². The third-order valence-corrected chi connectivity index (χ3v) is 10.1. The molecule has 67 heavy (non-hydrogen) atoms. The summed E-state index contributed by atoms with van der Waals surface area (Å²) >= 11 is 6.11. The van der Waals surface area contributed by atoms with Crippen molar-refractivity contribution < 1.29 is 18.5 Å². The summed E-state index contributed by atoms with van der Waals surface area (Å²) in [5, 5.41) is 8.32. The van der Waals surface area contributed by atoms with E-state index in [1.165, 1.54) is 23.8 Å².